The largest absolute Gasteiger partial charge is 0.355 e. The van der Waals surface area contributed by atoms with Crippen molar-refractivity contribution in [1.29, 1.82) is 0 Å². The van der Waals surface area contributed by atoms with Crippen LogP contribution >= 0.6 is 0 Å². The van der Waals surface area contributed by atoms with E-state index >= 15 is 0 Å². The molecule has 1 amide bonds. The number of amides is 1. The summed E-state index contributed by atoms with van der Waals surface area (Å²) in [5, 5.41) is 6.56. The normalized spacial score (nSPS) is 11.3. The minimum atomic E-state index is -0.260. The van der Waals surface area contributed by atoms with Crippen molar-refractivity contribution in [2.75, 3.05) is 6.54 Å². The van der Waals surface area contributed by atoms with E-state index < -0.39 is 0 Å². The third-order valence-electron chi connectivity index (χ3n) is 3.33. The van der Waals surface area contributed by atoms with Crippen LogP contribution in [0.15, 0.2) is 47.0 Å². The number of rotatable bonds is 4. The molecule has 2 rings (SSSR count). The van der Waals surface area contributed by atoms with Crippen LogP contribution < -0.4 is 5.32 Å². The lowest BCUT2D eigenvalue weighted by Gasteiger charge is -2.18. The Labute approximate surface area is 131 Å². The van der Waals surface area contributed by atoms with Crippen molar-refractivity contribution in [2.24, 2.45) is 0 Å². The van der Waals surface area contributed by atoms with Gasteiger partial charge in [-0.3, -0.25) is 4.79 Å². The molecular weight excluding hydrogens is 276 g/mol. The molecule has 0 saturated heterocycles. The van der Waals surface area contributed by atoms with Crippen LogP contribution in [0.4, 0.5) is 0 Å². The van der Waals surface area contributed by atoms with Gasteiger partial charge in [0.25, 0.3) is 5.91 Å². The van der Waals surface area contributed by atoms with E-state index in [2.05, 4.69) is 50.0 Å². The van der Waals surface area contributed by atoms with Gasteiger partial charge in [-0.15, -0.1) is 0 Å². The lowest BCUT2D eigenvalue weighted by atomic mass is 9.86. The fraction of sp³-hybridized carbons (Fsp3) is 0.333. The summed E-state index contributed by atoms with van der Waals surface area (Å²) in [4.78, 5) is 11.9. The van der Waals surface area contributed by atoms with E-state index in [4.69, 9.17) is 4.52 Å². The number of benzene rings is 1. The Balaban J connectivity index is 2.14. The molecule has 1 heterocycles. The van der Waals surface area contributed by atoms with Crippen molar-refractivity contribution in [3.8, 4) is 11.3 Å². The minimum absolute atomic E-state index is 0.105. The molecule has 4 heteroatoms. The van der Waals surface area contributed by atoms with E-state index in [0.29, 0.717) is 12.3 Å². The summed E-state index contributed by atoms with van der Waals surface area (Å²) in [6.45, 7) is 12.5. The first-order chi connectivity index (χ1) is 10.3. The second-order valence-corrected chi connectivity index (χ2v) is 6.54. The van der Waals surface area contributed by atoms with Crippen LogP contribution in [0.5, 0.6) is 0 Å². The molecule has 116 valence electrons. The van der Waals surface area contributed by atoms with Gasteiger partial charge in [0.1, 0.15) is 0 Å². The Morgan fingerprint density at radius 2 is 1.91 bits per heavy atom. The molecule has 0 saturated carbocycles. The Kier molecular flexibility index (Phi) is 4.50. The highest BCUT2D eigenvalue weighted by molar-refractivity contribution is 5.93. The van der Waals surface area contributed by atoms with Crippen molar-refractivity contribution >= 4 is 5.91 Å². The molecule has 0 aliphatic carbocycles. The van der Waals surface area contributed by atoms with Gasteiger partial charge in [0.2, 0.25) is 0 Å². The van der Waals surface area contributed by atoms with E-state index in [9.17, 15) is 4.79 Å². The van der Waals surface area contributed by atoms with Gasteiger partial charge in [0.05, 0.1) is 0 Å². The Morgan fingerprint density at radius 1 is 1.27 bits per heavy atom. The quantitative estimate of drug-likeness (QED) is 0.870. The predicted octanol–water partition coefficient (Wildman–Crippen LogP) is 3.95. The molecule has 0 unspecified atom stereocenters. The third kappa shape index (κ3) is 3.85. The summed E-state index contributed by atoms with van der Waals surface area (Å²) in [5.74, 6) is 0.324. The molecule has 0 spiro atoms. The molecule has 4 nitrogen and oxygen atoms in total. The molecule has 0 bridgehead atoms. The zero-order valence-corrected chi connectivity index (χ0v) is 13.6. The molecule has 0 aliphatic heterocycles. The highest BCUT2D eigenvalue weighted by Gasteiger charge is 2.16. The summed E-state index contributed by atoms with van der Waals surface area (Å²) < 4.78 is 5.27. The number of hydrogen-bond acceptors (Lipinski definition) is 3. The molecule has 1 aromatic carbocycles. The van der Waals surface area contributed by atoms with Crippen molar-refractivity contribution in [2.45, 2.75) is 33.1 Å². The van der Waals surface area contributed by atoms with Crippen LogP contribution in [0.1, 0.15) is 43.7 Å². The highest BCUT2D eigenvalue weighted by atomic mass is 16.5. The Bertz CT molecular complexity index is 676. The SMILES string of the molecule is C=C(C)CNC(=O)c1cc(-c2ccc(C(C)(C)C)cc2)on1. The number of hydrogen-bond donors (Lipinski definition) is 1. The van der Waals surface area contributed by atoms with Gasteiger partial charge in [-0.25, -0.2) is 0 Å². The van der Waals surface area contributed by atoms with Crippen LogP contribution in [0.25, 0.3) is 11.3 Å². The first kappa shape index (κ1) is 16.0. The van der Waals surface area contributed by atoms with Gasteiger partial charge in [0.15, 0.2) is 11.5 Å². The van der Waals surface area contributed by atoms with Gasteiger partial charge in [-0.2, -0.15) is 0 Å². The van der Waals surface area contributed by atoms with E-state index in [1.165, 1.54) is 5.56 Å². The van der Waals surface area contributed by atoms with Crippen LogP contribution in [0.3, 0.4) is 0 Å². The van der Waals surface area contributed by atoms with E-state index in [0.717, 1.165) is 11.1 Å². The molecular formula is C18H22N2O2. The van der Waals surface area contributed by atoms with Gasteiger partial charge in [0, 0.05) is 18.2 Å². The number of carbonyl (C=O) groups is 1. The molecule has 0 aliphatic rings. The Hall–Kier alpha value is -2.36. The molecule has 22 heavy (non-hydrogen) atoms. The summed E-state index contributed by atoms with van der Waals surface area (Å²) >= 11 is 0. The smallest absolute Gasteiger partial charge is 0.273 e. The second-order valence-electron chi connectivity index (χ2n) is 6.54. The third-order valence-corrected chi connectivity index (χ3v) is 3.33. The number of nitrogens with one attached hydrogen (secondary N) is 1. The maximum Gasteiger partial charge on any atom is 0.273 e. The summed E-state index contributed by atoms with van der Waals surface area (Å²) in [7, 11) is 0. The average molecular weight is 298 g/mol. The standard InChI is InChI=1S/C18H22N2O2/c1-12(2)11-19-17(21)15-10-16(22-20-15)13-6-8-14(9-7-13)18(3,4)5/h6-10H,1,11H2,2-5H3,(H,19,21). The van der Waals surface area contributed by atoms with Gasteiger partial charge in [-0.1, -0.05) is 62.3 Å². The second kappa shape index (κ2) is 6.18. The van der Waals surface area contributed by atoms with E-state index in [1.807, 2.05) is 19.1 Å². The summed E-state index contributed by atoms with van der Waals surface area (Å²) in [5.41, 5.74) is 3.41. The maximum atomic E-state index is 11.9. The first-order valence-corrected chi connectivity index (χ1v) is 7.27. The van der Waals surface area contributed by atoms with Crippen molar-refractivity contribution in [3.05, 3.63) is 53.7 Å². The van der Waals surface area contributed by atoms with Gasteiger partial charge >= 0.3 is 0 Å². The summed E-state index contributed by atoms with van der Waals surface area (Å²) in [6.07, 6.45) is 0. The van der Waals surface area contributed by atoms with E-state index in [-0.39, 0.29) is 17.0 Å². The van der Waals surface area contributed by atoms with Crippen LogP contribution in [0, 0.1) is 0 Å². The maximum absolute atomic E-state index is 11.9. The van der Waals surface area contributed by atoms with E-state index in [1.54, 1.807) is 6.07 Å². The Morgan fingerprint density at radius 3 is 2.45 bits per heavy atom. The zero-order valence-electron chi connectivity index (χ0n) is 13.6. The van der Waals surface area contributed by atoms with Gasteiger partial charge < -0.3 is 9.84 Å². The summed E-state index contributed by atoms with van der Waals surface area (Å²) in [6, 6.07) is 9.75. The molecule has 0 fully saturated rings. The number of nitrogens with zero attached hydrogens (tertiary/aromatic N) is 1. The minimum Gasteiger partial charge on any atom is -0.355 e. The number of carbonyl (C=O) groups excluding carboxylic acids is 1. The lowest BCUT2D eigenvalue weighted by molar-refractivity contribution is 0.0948. The van der Waals surface area contributed by atoms with Gasteiger partial charge in [-0.05, 0) is 17.9 Å². The fourth-order valence-corrected chi connectivity index (χ4v) is 1.97. The van der Waals surface area contributed by atoms with Crippen LogP contribution in [0.2, 0.25) is 0 Å². The first-order valence-electron chi connectivity index (χ1n) is 7.27. The topological polar surface area (TPSA) is 55.1 Å². The van der Waals surface area contributed by atoms with Crippen molar-refractivity contribution < 1.29 is 9.32 Å². The lowest BCUT2D eigenvalue weighted by Crippen LogP contribution is -2.25. The molecule has 0 radical (unpaired) electrons. The number of aromatic nitrogens is 1. The molecule has 1 aromatic heterocycles. The highest BCUT2D eigenvalue weighted by Crippen LogP contribution is 2.26. The molecule has 1 N–H and O–H groups in total. The molecule has 0 atom stereocenters. The fourth-order valence-electron chi connectivity index (χ4n) is 1.97. The van der Waals surface area contributed by atoms with Crippen molar-refractivity contribution in [1.82, 2.24) is 10.5 Å². The zero-order chi connectivity index (χ0) is 16.3. The van der Waals surface area contributed by atoms with Crippen LogP contribution in [-0.2, 0) is 5.41 Å². The molecule has 2 aromatic rings. The predicted molar refractivity (Wildman–Crippen MR) is 87.8 cm³/mol. The van der Waals surface area contributed by atoms with Crippen LogP contribution in [-0.4, -0.2) is 17.6 Å². The van der Waals surface area contributed by atoms with Crippen molar-refractivity contribution in [3.63, 3.8) is 0 Å². The monoisotopic (exact) mass is 298 g/mol. The average Bonchev–Trinajstić information content (AvgIpc) is 2.93.